The lowest BCUT2D eigenvalue weighted by molar-refractivity contribution is 0.464. The van der Waals surface area contributed by atoms with E-state index in [9.17, 15) is 0 Å². The standard InChI is InChI=1S/C19H34N2/c1-14(2)20(15(3)4)17-12-10-11-13-18(17)21(16(5)6)19(7,8)9/h10-16H,1-9H3. The van der Waals surface area contributed by atoms with E-state index in [1.165, 1.54) is 11.4 Å². The average molecular weight is 290 g/mol. The van der Waals surface area contributed by atoms with Crippen LogP contribution in [0.4, 0.5) is 11.4 Å². The molecule has 0 spiro atoms. The van der Waals surface area contributed by atoms with Crippen LogP contribution in [-0.2, 0) is 0 Å². The monoisotopic (exact) mass is 290 g/mol. The summed E-state index contributed by atoms with van der Waals surface area (Å²) < 4.78 is 0. The Morgan fingerprint density at radius 1 is 0.714 bits per heavy atom. The van der Waals surface area contributed by atoms with Crippen LogP contribution in [0.25, 0.3) is 0 Å². The van der Waals surface area contributed by atoms with Crippen molar-refractivity contribution in [3.8, 4) is 0 Å². The van der Waals surface area contributed by atoms with Crippen molar-refractivity contribution in [1.82, 2.24) is 0 Å². The lowest BCUT2D eigenvalue weighted by Gasteiger charge is -2.45. The van der Waals surface area contributed by atoms with Gasteiger partial charge in [-0.25, -0.2) is 0 Å². The first-order valence-corrected chi connectivity index (χ1v) is 8.24. The van der Waals surface area contributed by atoms with E-state index in [0.717, 1.165) is 0 Å². The quantitative estimate of drug-likeness (QED) is 0.724. The summed E-state index contributed by atoms with van der Waals surface area (Å²) in [6.45, 7) is 20.5. The molecule has 0 saturated carbocycles. The van der Waals surface area contributed by atoms with Gasteiger partial charge in [0.1, 0.15) is 0 Å². The van der Waals surface area contributed by atoms with Crippen LogP contribution < -0.4 is 9.80 Å². The minimum atomic E-state index is 0.101. The lowest BCUT2D eigenvalue weighted by Crippen LogP contribution is -2.47. The van der Waals surface area contributed by atoms with E-state index >= 15 is 0 Å². The summed E-state index contributed by atoms with van der Waals surface area (Å²) in [5.74, 6) is 0. The third-order valence-corrected chi connectivity index (χ3v) is 3.77. The van der Waals surface area contributed by atoms with Crippen molar-refractivity contribution < 1.29 is 0 Å². The summed E-state index contributed by atoms with van der Waals surface area (Å²) in [7, 11) is 0. The number of rotatable bonds is 5. The first kappa shape index (κ1) is 17.9. The van der Waals surface area contributed by atoms with E-state index in [0.29, 0.717) is 18.1 Å². The maximum atomic E-state index is 2.53. The maximum absolute atomic E-state index is 2.53. The topological polar surface area (TPSA) is 6.48 Å². The molecule has 0 aromatic heterocycles. The van der Waals surface area contributed by atoms with Gasteiger partial charge in [0.25, 0.3) is 0 Å². The van der Waals surface area contributed by atoms with E-state index < -0.39 is 0 Å². The van der Waals surface area contributed by atoms with Crippen molar-refractivity contribution in [2.24, 2.45) is 0 Å². The molecule has 0 amide bonds. The summed E-state index contributed by atoms with van der Waals surface area (Å²) >= 11 is 0. The molecule has 0 atom stereocenters. The molecule has 0 bridgehead atoms. The highest BCUT2D eigenvalue weighted by Gasteiger charge is 2.28. The molecule has 1 rings (SSSR count). The predicted molar refractivity (Wildman–Crippen MR) is 96.6 cm³/mol. The molecule has 0 saturated heterocycles. The minimum absolute atomic E-state index is 0.101. The van der Waals surface area contributed by atoms with Crippen molar-refractivity contribution in [1.29, 1.82) is 0 Å². The molecule has 120 valence electrons. The summed E-state index contributed by atoms with van der Waals surface area (Å²) in [5.41, 5.74) is 2.78. The summed E-state index contributed by atoms with van der Waals surface area (Å²) in [5, 5.41) is 0. The number of hydrogen-bond acceptors (Lipinski definition) is 2. The molecule has 21 heavy (non-hydrogen) atoms. The van der Waals surface area contributed by atoms with Gasteiger partial charge in [-0.15, -0.1) is 0 Å². The van der Waals surface area contributed by atoms with Crippen LogP contribution in [0.3, 0.4) is 0 Å². The zero-order valence-electron chi connectivity index (χ0n) is 15.4. The van der Waals surface area contributed by atoms with Gasteiger partial charge in [0.05, 0.1) is 11.4 Å². The van der Waals surface area contributed by atoms with Gasteiger partial charge in [-0.1, -0.05) is 12.1 Å². The molecule has 1 aromatic rings. The van der Waals surface area contributed by atoms with Gasteiger partial charge in [0, 0.05) is 23.7 Å². The van der Waals surface area contributed by atoms with Crippen LogP contribution in [0.1, 0.15) is 62.3 Å². The fraction of sp³-hybridized carbons (Fsp3) is 0.684. The second kappa shape index (κ2) is 6.72. The third kappa shape index (κ3) is 4.15. The van der Waals surface area contributed by atoms with Crippen LogP contribution in [-0.4, -0.2) is 23.7 Å². The number of benzene rings is 1. The lowest BCUT2D eigenvalue weighted by atomic mass is 10.0. The molecule has 0 fully saturated rings. The Morgan fingerprint density at radius 2 is 1.14 bits per heavy atom. The van der Waals surface area contributed by atoms with Gasteiger partial charge < -0.3 is 9.80 Å². The smallest absolute Gasteiger partial charge is 0.0610 e. The predicted octanol–water partition coefficient (Wildman–Crippen LogP) is 5.32. The molecule has 0 aliphatic carbocycles. The molecule has 0 radical (unpaired) electrons. The first-order valence-electron chi connectivity index (χ1n) is 8.24. The van der Waals surface area contributed by atoms with Crippen LogP contribution >= 0.6 is 0 Å². The molecule has 2 nitrogen and oxygen atoms in total. The Hall–Kier alpha value is -1.18. The normalized spacial score (nSPS) is 12.4. The van der Waals surface area contributed by atoms with Crippen LogP contribution in [0.15, 0.2) is 24.3 Å². The van der Waals surface area contributed by atoms with Gasteiger partial charge in [0.2, 0.25) is 0 Å². The zero-order chi connectivity index (χ0) is 16.4. The molecule has 0 heterocycles. The van der Waals surface area contributed by atoms with E-state index in [2.05, 4.69) is 96.4 Å². The average Bonchev–Trinajstić information content (AvgIpc) is 2.28. The highest BCUT2D eigenvalue weighted by molar-refractivity contribution is 5.73. The zero-order valence-corrected chi connectivity index (χ0v) is 15.4. The van der Waals surface area contributed by atoms with Crippen molar-refractivity contribution in [3.05, 3.63) is 24.3 Å². The van der Waals surface area contributed by atoms with E-state index in [4.69, 9.17) is 0 Å². The molecule has 2 heteroatoms. The Labute approximate surface area is 132 Å². The Kier molecular flexibility index (Phi) is 5.72. The molecule has 0 aliphatic rings. The van der Waals surface area contributed by atoms with Crippen LogP contribution in [0, 0.1) is 0 Å². The van der Waals surface area contributed by atoms with Crippen molar-refractivity contribution in [2.75, 3.05) is 9.80 Å². The minimum Gasteiger partial charge on any atom is -0.365 e. The number of anilines is 2. The molecular formula is C19H34N2. The van der Waals surface area contributed by atoms with E-state index in [1.807, 2.05) is 0 Å². The van der Waals surface area contributed by atoms with Crippen molar-refractivity contribution in [2.45, 2.75) is 86.0 Å². The molecule has 0 aliphatic heterocycles. The SMILES string of the molecule is CC(C)N(c1ccccc1N(C(C)C)C(C)(C)C)C(C)C. The van der Waals surface area contributed by atoms with Gasteiger partial charge in [0.15, 0.2) is 0 Å². The van der Waals surface area contributed by atoms with E-state index in [-0.39, 0.29) is 5.54 Å². The van der Waals surface area contributed by atoms with Gasteiger partial charge in [-0.3, -0.25) is 0 Å². The second-order valence-corrected chi connectivity index (χ2v) is 7.72. The fourth-order valence-electron chi connectivity index (χ4n) is 3.45. The number of para-hydroxylation sites is 2. The largest absolute Gasteiger partial charge is 0.365 e. The van der Waals surface area contributed by atoms with Crippen LogP contribution in [0.2, 0.25) is 0 Å². The van der Waals surface area contributed by atoms with Crippen molar-refractivity contribution in [3.63, 3.8) is 0 Å². The number of hydrogen-bond donors (Lipinski definition) is 0. The molecule has 1 aromatic carbocycles. The summed E-state index contributed by atoms with van der Waals surface area (Å²) in [6.07, 6.45) is 0. The second-order valence-electron chi connectivity index (χ2n) is 7.72. The maximum Gasteiger partial charge on any atom is 0.0610 e. The summed E-state index contributed by atoms with van der Waals surface area (Å²) in [4.78, 5) is 5.04. The summed E-state index contributed by atoms with van der Waals surface area (Å²) in [6, 6.07) is 10.3. The van der Waals surface area contributed by atoms with Crippen LogP contribution in [0.5, 0.6) is 0 Å². The van der Waals surface area contributed by atoms with Gasteiger partial charge in [-0.05, 0) is 74.4 Å². The Balaban J connectivity index is 3.44. The van der Waals surface area contributed by atoms with Gasteiger partial charge in [-0.2, -0.15) is 0 Å². The Bertz CT molecular complexity index is 433. The Morgan fingerprint density at radius 3 is 1.48 bits per heavy atom. The molecular weight excluding hydrogens is 256 g/mol. The van der Waals surface area contributed by atoms with Gasteiger partial charge >= 0.3 is 0 Å². The molecule has 0 unspecified atom stereocenters. The molecule has 0 N–H and O–H groups in total. The van der Waals surface area contributed by atoms with E-state index in [1.54, 1.807) is 0 Å². The van der Waals surface area contributed by atoms with Crippen molar-refractivity contribution >= 4 is 11.4 Å². The third-order valence-electron chi connectivity index (χ3n) is 3.77. The fourth-order valence-corrected chi connectivity index (χ4v) is 3.45. The highest BCUT2D eigenvalue weighted by atomic mass is 15.3. The number of nitrogens with zero attached hydrogens (tertiary/aromatic N) is 2. The highest BCUT2D eigenvalue weighted by Crippen LogP contribution is 2.36. The first-order chi connectivity index (χ1) is 9.57.